The van der Waals surface area contributed by atoms with E-state index in [1.165, 1.54) is 0 Å². The van der Waals surface area contributed by atoms with Gasteiger partial charge < -0.3 is 14.8 Å². The van der Waals surface area contributed by atoms with Crippen molar-refractivity contribution in [1.29, 1.82) is 0 Å². The zero-order valence-electron chi connectivity index (χ0n) is 14.9. The molecule has 0 bridgehead atoms. The van der Waals surface area contributed by atoms with E-state index in [9.17, 15) is 9.90 Å². The predicted octanol–water partition coefficient (Wildman–Crippen LogP) is 2.98. The molecule has 2 heterocycles. The number of rotatable bonds is 5. The van der Waals surface area contributed by atoms with E-state index in [1.807, 2.05) is 24.3 Å². The Morgan fingerprint density at radius 1 is 1.25 bits per heavy atom. The number of aliphatic imine (C=N–C) groups is 1. The van der Waals surface area contributed by atoms with E-state index in [-0.39, 0.29) is 5.88 Å². The van der Waals surface area contributed by atoms with Crippen LogP contribution in [0.1, 0.15) is 22.8 Å². The zero-order valence-corrected chi connectivity index (χ0v) is 14.9. The first-order valence-electron chi connectivity index (χ1n) is 8.55. The van der Waals surface area contributed by atoms with Crippen molar-refractivity contribution in [1.82, 2.24) is 25.6 Å². The normalized spacial score (nSPS) is 11.3. The Labute approximate surface area is 159 Å². The van der Waals surface area contributed by atoms with E-state index in [2.05, 4.69) is 30.6 Å². The quantitative estimate of drug-likeness (QED) is 0.363. The lowest BCUT2D eigenvalue weighted by Gasteiger charge is -2.01. The predicted molar refractivity (Wildman–Crippen MR) is 103 cm³/mol. The molecule has 0 saturated carbocycles. The second-order valence-electron chi connectivity index (χ2n) is 5.91. The molecule has 9 heteroatoms. The number of fused-ring (bicyclic) bond motifs is 1. The molecule has 0 unspecified atom stereocenters. The molecular weight excluding hydrogens is 360 g/mol. The van der Waals surface area contributed by atoms with Gasteiger partial charge in [0.15, 0.2) is 5.88 Å². The summed E-state index contributed by atoms with van der Waals surface area (Å²) in [5, 5.41) is 24.8. The van der Waals surface area contributed by atoms with Gasteiger partial charge in [-0.05, 0) is 48.5 Å². The van der Waals surface area contributed by atoms with Gasteiger partial charge in [-0.2, -0.15) is 5.21 Å². The first-order valence-corrected chi connectivity index (χ1v) is 8.55. The molecule has 0 spiro atoms. The molecule has 0 amide bonds. The highest BCUT2D eigenvalue weighted by Crippen LogP contribution is 2.27. The van der Waals surface area contributed by atoms with E-state index < -0.39 is 5.97 Å². The van der Waals surface area contributed by atoms with Gasteiger partial charge >= 0.3 is 5.97 Å². The second-order valence-corrected chi connectivity index (χ2v) is 5.91. The first kappa shape index (κ1) is 17.4. The van der Waals surface area contributed by atoms with Crippen LogP contribution in [-0.2, 0) is 4.74 Å². The van der Waals surface area contributed by atoms with Crippen molar-refractivity contribution in [3.63, 3.8) is 0 Å². The molecule has 9 nitrogen and oxygen atoms in total. The summed E-state index contributed by atoms with van der Waals surface area (Å²) in [6.45, 7) is 2.05. The largest absolute Gasteiger partial charge is 0.494 e. The molecule has 2 aromatic heterocycles. The third-order valence-electron chi connectivity index (χ3n) is 4.14. The van der Waals surface area contributed by atoms with Crippen LogP contribution < -0.4 is 0 Å². The van der Waals surface area contributed by atoms with Crippen LogP contribution in [-0.4, -0.2) is 49.5 Å². The van der Waals surface area contributed by atoms with E-state index in [1.54, 1.807) is 31.3 Å². The number of aromatic amines is 2. The van der Waals surface area contributed by atoms with Gasteiger partial charge in [0.25, 0.3) is 0 Å². The van der Waals surface area contributed by atoms with Crippen LogP contribution in [0.25, 0.3) is 22.3 Å². The number of H-pyrrole nitrogens is 2. The molecule has 28 heavy (non-hydrogen) atoms. The molecule has 0 fully saturated rings. The number of nitrogens with zero attached hydrogens (tertiary/aromatic N) is 4. The van der Waals surface area contributed by atoms with Crippen molar-refractivity contribution in [2.45, 2.75) is 6.92 Å². The lowest BCUT2D eigenvalue weighted by molar-refractivity contribution is 0.0526. The van der Waals surface area contributed by atoms with Crippen LogP contribution in [0.15, 0.2) is 47.5 Å². The molecule has 4 aromatic rings. The van der Waals surface area contributed by atoms with Crippen LogP contribution in [0.2, 0.25) is 0 Å². The molecule has 0 aliphatic heterocycles. The number of nitrogens with one attached hydrogen (secondary N) is 2. The van der Waals surface area contributed by atoms with E-state index in [4.69, 9.17) is 4.74 Å². The fourth-order valence-corrected chi connectivity index (χ4v) is 2.80. The number of ether oxygens (including phenoxy) is 1. The Morgan fingerprint density at radius 3 is 2.79 bits per heavy atom. The van der Waals surface area contributed by atoms with Crippen molar-refractivity contribution in [3.8, 4) is 17.3 Å². The first-order chi connectivity index (χ1) is 13.7. The number of tetrazole rings is 1. The highest BCUT2D eigenvalue weighted by Gasteiger charge is 2.13. The molecule has 0 saturated heterocycles. The lowest BCUT2D eigenvalue weighted by atomic mass is 10.1. The van der Waals surface area contributed by atoms with E-state index in [0.717, 1.165) is 10.9 Å². The zero-order chi connectivity index (χ0) is 19.5. The minimum atomic E-state index is -0.407. The van der Waals surface area contributed by atoms with Gasteiger partial charge in [-0.15, -0.1) is 10.2 Å². The summed E-state index contributed by atoms with van der Waals surface area (Å²) < 4.78 is 5.00. The summed E-state index contributed by atoms with van der Waals surface area (Å²) in [6.07, 6.45) is 1.57. The summed E-state index contributed by atoms with van der Waals surface area (Å²) in [4.78, 5) is 19.1. The van der Waals surface area contributed by atoms with Crippen LogP contribution >= 0.6 is 0 Å². The summed E-state index contributed by atoms with van der Waals surface area (Å²) >= 11 is 0. The number of carbonyl (C=O) groups excluding carboxylic acids is 1. The Hall–Kier alpha value is -4.01. The monoisotopic (exact) mass is 376 g/mol. The summed E-state index contributed by atoms with van der Waals surface area (Å²) in [5.74, 6) is 0.0702. The third kappa shape index (κ3) is 3.32. The molecular formula is C19H16N6O3. The molecule has 140 valence electrons. The Kier molecular flexibility index (Phi) is 4.55. The summed E-state index contributed by atoms with van der Waals surface area (Å²) in [5.41, 5.74) is 3.08. The second kappa shape index (κ2) is 7.31. The average Bonchev–Trinajstić information content (AvgIpc) is 3.34. The van der Waals surface area contributed by atoms with Gasteiger partial charge in [-0.25, -0.2) is 4.79 Å². The standard InChI is InChI=1S/C19H16N6O3/c1-2-28-19(27)12-5-8-14-15(18(26)21-16(14)9-12)10-20-13-6-3-11(4-7-13)17-22-24-25-23-17/h3-10,21,26H,2H2,1H3,(H,22,23,24,25). The minimum absolute atomic E-state index is 0.0248. The fraction of sp³-hybridized carbons (Fsp3) is 0.105. The maximum absolute atomic E-state index is 11.9. The maximum atomic E-state index is 11.9. The Morgan fingerprint density at radius 2 is 2.07 bits per heavy atom. The SMILES string of the molecule is CCOC(=O)c1ccc2c(C=Nc3ccc(-c4nn[nH]n4)cc3)c(O)[nH]c2c1. The highest BCUT2D eigenvalue weighted by atomic mass is 16.5. The number of benzene rings is 2. The number of hydrogen-bond acceptors (Lipinski definition) is 7. The van der Waals surface area contributed by atoms with Crippen molar-refractivity contribution in [2.24, 2.45) is 4.99 Å². The topological polar surface area (TPSA) is 129 Å². The smallest absolute Gasteiger partial charge is 0.338 e. The van der Waals surface area contributed by atoms with Gasteiger partial charge in [0.05, 0.1) is 23.4 Å². The highest BCUT2D eigenvalue weighted by molar-refractivity contribution is 6.04. The molecule has 0 radical (unpaired) electrons. The molecule has 2 aromatic carbocycles. The van der Waals surface area contributed by atoms with Crippen molar-refractivity contribution < 1.29 is 14.6 Å². The van der Waals surface area contributed by atoms with Crippen molar-refractivity contribution >= 4 is 28.8 Å². The van der Waals surface area contributed by atoms with Crippen molar-refractivity contribution in [3.05, 3.63) is 53.6 Å². The number of carbonyl (C=O) groups is 1. The van der Waals surface area contributed by atoms with E-state index >= 15 is 0 Å². The molecule has 4 rings (SSSR count). The molecule has 0 aliphatic rings. The van der Waals surface area contributed by atoms with Crippen LogP contribution in [0.5, 0.6) is 5.88 Å². The third-order valence-corrected chi connectivity index (χ3v) is 4.14. The average molecular weight is 376 g/mol. The number of esters is 1. The lowest BCUT2D eigenvalue weighted by Crippen LogP contribution is -2.04. The number of aromatic nitrogens is 5. The Bertz CT molecular complexity index is 1150. The molecule has 0 atom stereocenters. The number of hydrogen-bond donors (Lipinski definition) is 3. The molecule has 3 N–H and O–H groups in total. The summed E-state index contributed by atoms with van der Waals surface area (Å²) in [7, 11) is 0. The van der Waals surface area contributed by atoms with Crippen LogP contribution in [0.4, 0.5) is 5.69 Å². The van der Waals surface area contributed by atoms with Crippen LogP contribution in [0, 0.1) is 0 Å². The van der Waals surface area contributed by atoms with Gasteiger partial charge in [-0.1, -0.05) is 6.07 Å². The van der Waals surface area contributed by atoms with Crippen LogP contribution in [0.3, 0.4) is 0 Å². The molecule has 0 aliphatic carbocycles. The number of aromatic hydroxyl groups is 1. The maximum Gasteiger partial charge on any atom is 0.338 e. The minimum Gasteiger partial charge on any atom is -0.494 e. The Balaban J connectivity index is 1.60. The van der Waals surface area contributed by atoms with Gasteiger partial charge in [-0.3, -0.25) is 4.99 Å². The van der Waals surface area contributed by atoms with Gasteiger partial charge in [0.1, 0.15) is 0 Å². The van der Waals surface area contributed by atoms with E-state index in [0.29, 0.717) is 34.8 Å². The fourth-order valence-electron chi connectivity index (χ4n) is 2.80. The van der Waals surface area contributed by atoms with Gasteiger partial charge in [0, 0.05) is 22.7 Å². The van der Waals surface area contributed by atoms with Gasteiger partial charge in [0.2, 0.25) is 5.82 Å². The van der Waals surface area contributed by atoms with Crippen molar-refractivity contribution in [2.75, 3.05) is 6.61 Å². The summed E-state index contributed by atoms with van der Waals surface area (Å²) in [6, 6.07) is 12.3.